The number of hydrogen-bond donors (Lipinski definition) is 1. The summed E-state index contributed by atoms with van der Waals surface area (Å²) in [5.74, 6) is -0.281. The Kier molecular flexibility index (Phi) is 3.27. The zero-order chi connectivity index (χ0) is 10.8. The predicted octanol–water partition coefficient (Wildman–Crippen LogP) is 3.14. The van der Waals surface area contributed by atoms with Crippen LogP contribution >= 0.6 is 0 Å². The number of halogens is 1. The van der Waals surface area contributed by atoms with Crippen LogP contribution in [-0.4, -0.2) is 5.11 Å². The Morgan fingerprint density at radius 2 is 2.00 bits per heavy atom. The van der Waals surface area contributed by atoms with E-state index in [0.717, 1.165) is 12.0 Å². The third-order valence-corrected chi connectivity index (χ3v) is 2.40. The highest BCUT2D eigenvalue weighted by Gasteiger charge is 2.22. The van der Waals surface area contributed by atoms with E-state index in [4.69, 9.17) is 0 Å². The van der Waals surface area contributed by atoms with Crippen LogP contribution in [-0.2, 0) is 5.60 Å². The molecule has 0 heterocycles. The largest absolute Gasteiger partial charge is 0.385 e. The highest BCUT2D eigenvalue weighted by Crippen LogP contribution is 2.27. The summed E-state index contributed by atoms with van der Waals surface area (Å²) in [6, 6.07) is 4.70. The van der Waals surface area contributed by atoms with E-state index in [1.165, 1.54) is 12.1 Å². The molecule has 1 unspecified atom stereocenters. The van der Waals surface area contributed by atoms with Crippen molar-refractivity contribution in [2.45, 2.75) is 39.2 Å². The summed E-state index contributed by atoms with van der Waals surface area (Å²) in [5.41, 5.74) is 0.593. The number of benzene rings is 1. The van der Waals surface area contributed by atoms with Gasteiger partial charge in [-0.25, -0.2) is 4.39 Å². The maximum absolute atomic E-state index is 13.1. The SMILES string of the molecule is CCCC(C)(O)c1cc(C)cc(F)c1. The first kappa shape index (κ1) is 11.2. The molecule has 0 amide bonds. The van der Waals surface area contributed by atoms with Gasteiger partial charge in [0.15, 0.2) is 0 Å². The molecule has 0 bridgehead atoms. The van der Waals surface area contributed by atoms with Gasteiger partial charge in [-0.2, -0.15) is 0 Å². The monoisotopic (exact) mass is 196 g/mol. The molecule has 78 valence electrons. The van der Waals surface area contributed by atoms with Crippen LogP contribution in [0, 0.1) is 12.7 Å². The molecular formula is C12H17FO. The van der Waals surface area contributed by atoms with Crippen LogP contribution in [0.4, 0.5) is 4.39 Å². The molecule has 1 nitrogen and oxygen atoms in total. The maximum Gasteiger partial charge on any atom is 0.123 e. The van der Waals surface area contributed by atoms with E-state index in [9.17, 15) is 9.50 Å². The topological polar surface area (TPSA) is 20.2 Å². The minimum absolute atomic E-state index is 0.281. The highest BCUT2D eigenvalue weighted by molar-refractivity contribution is 5.27. The Hall–Kier alpha value is -0.890. The molecule has 0 saturated heterocycles. The number of hydrogen-bond acceptors (Lipinski definition) is 1. The number of rotatable bonds is 3. The van der Waals surface area contributed by atoms with Crippen LogP contribution in [0.25, 0.3) is 0 Å². The van der Waals surface area contributed by atoms with Crippen molar-refractivity contribution in [3.05, 3.63) is 35.1 Å². The molecule has 1 aromatic rings. The molecule has 0 aliphatic rings. The Balaban J connectivity index is 3.05. The second-order valence-corrected chi connectivity index (χ2v) is 4.04. The van der Waals surface area contributed by atoms with E-state index in [-0.39, 0.29) is 5.82 Å². The van der Waals surface area contributed by atoms with Gasteiger partial charge in [-0.3, -0.25) is 0 Å². The van der Waals surface area contributed by atoms with Crippen LogP contribution in [0.2, 0.25) is 0 Å². The summed E-state index contributed by atoms with van der Waals surface area (Å²) in [7, 11) is 0. The molecule has 1 rings (SSSR count). The molecule has 0 fully saturated rings. The van der Waals surface area contributed by atoms with Crippen LogP contribution in [0.15, 0.2) is 18.2 Å². The molecule has 0 aliphatic heterocycles. The first-order chi connectivity index (χ1) is 6.45. The van der Waals surface area contributed by atoms with Gasteiger partial charge in [0.05, 0.1) is 5.60 Å². The van der Waals surface area contributed by atoms with E-state index < -0.39 is 5.60 Å². The van der Waals surface area contributed by atoms with Gasteiger partial charge in [0.25, 0.3) is 0 Å². The van der Waals surface area contributed by atoms with Crippen molar-refractivity contribution >= 4 is 0 Å². The van der Waals surface area contributed by atoms with Crippen LogP contribution < -0.4 is 0 Å². The third-order valence-electron chi connectivity index (χ3n) is 2.40. The highest BCUT2D eigenvalue weighted by atomic mass is 19.1. The summed E-state index contributed by atoms with van der Waals surface area (Å²) in [6.07, 6.45) is 1.53. The van der Waals surface area contributed by atoms with Crippen molar-refractivity contribution < 1.29 is 9.50 Å². The second kappa shape index (κ2) is 4.09. The van der Waals surface area contributed by atoms with E-state index in [0.29, 0.717) is 12.0 Å². The lowest BCUT2D eigenvalue weighted by molar-refractivity contribution is 0.0466. The molecule has 14 heavy (non-hydrogen) atoms. The Bertz CT molecular complexity index is 298. The third kappa shape index (κ3) is 2.55. The average molecular weight is 196 g/mol. The average Bonchev–Trinajstić information content (AvgIpc) is 2.02. The van der Waals surface area contributed by atoms with E-state index in [2.05, 4.69) is 0 Å². The van der Waals surface area contributed by atoms with Gasteiger partial charge in [0.1, 0.15) is 5.82 Å². The predicted molar refractivity (Wildman–Crippen MR) is 55.6 cm³/mol. The van der Waals surface area contributed by atoms with Gasteiger partial charge < -0.3 is 5.11 Å². The minimum atomic E-state index is -0.915. The first-order valence-corrected chi connectivity index (χ1v) is 4.96. The van der Waals surface area contributed by atoms with Crippen molar-refractivity contribution in [1.82, 2.24) is 0 Å². The molecule has 1 aromatic carbocycles. The van der Waals surface area contributed by atoms with E-state index in [1.54, 1.807) is 6.92 Å². The molecular weight excluding hydrogens is 179 g/mol. The van der Waals surface area contributed by atoms with Gasteiger partial charge in [-0.05, 0) is 43.5 Å². The fraction of sp³-hybridized carbons (Fsp3) is 0.500. The fourth-order valence-corrected chi connectivity index (χ4v) is 1.68. The smallest absolute Gasteiger partial charge is 0.123 e. The van der Waals surface area contributed by atoms with Crippen molar-refractivity contribution in [3.8, 4) is 0 Å². The molecule has 2 heteroatoms. The molecule has 0 saturated carbocycles. The quantitative estimate of drug-likeness (QED) is 0.787. The van der Waals surface area contributed by atoms with Gasteiger partial charge in [-0.15, -0.1) is 0 Å². The zero-order valence-corrected chi connectivity index (χ0v) is 8.97. The van der Waals surface area contributed by atoms with Crippen LogP contribution in [0.1, 0.15) is 37.8 Å². The lowest BCUT2D eigenvalue weighted by atomic mass is 9.90. The molecule has 0 spiro atoms. The van der Waals surface area contributed by atoms with Gasteiger partial charge in [0.2, 0.25) is 0 Å². The normalized spacial score (nSPS) is 15.2. The lowest BCUT2D eigenvalue weighted by Crippen LogP contribution is -2.20. The lowest BCUT2D eigenvalue weighted by Gasteiger charge is -2.23. The Morgan fingerprint density at radius 1 is 1.36 bits per heavy atom. The first-order valence-electron chi connectivity index (χ1n) is 4.96. The summed E-state index contributed by atoms with van der Waals surface area (Å²) < 4.78 is 13.1. The number of aliphatic hydroxyl groups is 1. The van der Waals surface area contributed by atoms with Gasteiger partial charge in [-0.1, -0.05) is 19.4 Å². The summed E-state index contributed by atoms with van der Waals surface area (Å²) in [6.45, 7) is 5.56. The molecule has 1 N–H and O–H groups in total. The molecule has 1 atom stereocenters. The van der Waals surface area contributed by atoms with E-state index >= 15 is 0 Å². The number of aryl methyl sites for hydroxylation is 1. The van der Waals surface area contributed by atoms with Crippen molar-refractivity contribution in [1.29, 1.82) is 0 Å². The second-order valence-electron chi connectivity index (χ2n) is 4.04. The van der Waals surface area contributed by atoms with Gasteiger partial charge >= 0.3 is 0 Å². The van der Waals surface area contributed by atoms with Gasteiger partial charge in [0, 0.05) is 0 Å². The molecule has 0 radical (unpaired) electrons. The summed E-state index contributed by atoms with van der Waals surface area (Å²) in [4.78, 5) is 0. The Morgan fingerprint density at radius 3 is 2.50 bits per heavy atom. The fourth-order valence-electron chi connectivity index (χ4n) is 1.68. The maximum atomic E-state index is 13.1. The van der Waals surface area contributed by atoms with E-state index in [1.807, 2.05) is 19.9 Å². The summed E-state index contributed by atoms with van der Waals surface area (Å²) >= 11 is 0. The zero-order valence-electron chi connectivity index (χ0n) is 8.97. The van der Waals surface area contributed by atoms with Crippen molar-refractivity contribution in [3.63, 3.8) is 0 Å². The van der Waals surface area contributed by atoms with Crippen LogP contribution in [0.5, 0.6) is 0 Å². The minimum Gasteiger partial charge on any atom is -0.385 e. The standard InChI is InChI=1S/C12H17FO/c1-4-5-12(3,14)10-6-9(2)7-11(13)8-10/h6-8,14H,4-5H2,1-3H3. The molecule has 0 aromatic heterocycles. The summed E-state index contributed by atoms with van der Waals surface area (Å²) in [5, 5.41) is 10.1. The van der Waals surface area contributed by atoms with Crippen LogP contribution in [0.3, 0.4) is 0 Å². The van der Waals surface area contributed by atoms with Crippen molar-refractivity contribution in [2.75, 3.05) is 0 Å². The Labute approximate surface area is 84.6 Å². The van der Waals surface area contributed by atoms with Crippen molar-refractivity contribution in [2.24, 2.45) is 0 Å². The molecule has 0 aliphatic carbocycles.